The van der Waals surface area contributed by atoms with Gasteiger partial charge in [0.25, 0.3) is 0 Å². The number of carboxylic acids is 1. The fourth-order valence-electron chi connectivity index (χ4n) is 0.988. The van der Waals surface area contributed by atoms with E-state index in [-0.39, 0.29) is 25.1 Å². The molecule has 0 aromatic carbocycles. The van der Waals surface area contributed by atoms with Crippen LogP contribution in [0.5, 0.6) is 0 Å². The molecule has 8 heteroatoms. The first-order chi connectivity index (χ1) is 7.87. The minimum Gasteiger partial charge on any atom is -0.481 e. The van der Waals surface area contributed by atoms with Crippen molar-refractivity contribution >= 4 is 21.9 Å². The van der Waals surface area contributed by atoms with Gasteiger partial charge in [-0.15, -0.1) is 0 Å². The number of sulfonamides is 1. The van der Waals surface area contributed by atoms with Gasteiger partial charge in [-0.05, 0) is 12.8 Å². The molecule has 0 bridgehead atoms. The van der Waals surface area contributed by atoms with Crippen molar-refractivity contribution < 1.29 is 23.1 Å². The minimum atomic E-state index is -3.57. The number of carboxylic acid groups (broad SMARTS) is 1. The monoisotopic (exact) mass is 266 g/mol. The summed E-state index contributed by atoms with van der Waals surface area (Å²) in [6, 6.07) is 0. The van der Waals surface area contributed by atoms with Crippen LogP contribution in [0.2, 0.25) is 0 Å². The zero-order valence-corrected chi connectivity index (χ0v) is 10.5. The molecule has 1 amide bonds. The third-order valence-corrected chi connectivity index (χ3v) is 3.24. The van der Waals surface area contributed by atoms with Crippen molar-refractivity contribution in [2.45, 2.75) is 26.2 Å². The van der Waals surface area contributed by atoms with E-state index in [1.165, 1.54) is 0 Å². The van der Waals surface area contributed by atoms with Crippen molar-refractivity contribution in [3.63, 3.8) is 0 Å². The smallest absolute Gasteiger partial charge is 0.303 e. The van der Waals surface area contributed by atoms with E-state index in [1.54, 1.807) is 0 Å². The van der Waals surface area contributed by atoms with Gasteiger partial charge in [-0.1, -0.05) is 6.92 Å². The summed E-state index contributed by atoms with van der Waals surface area (Å²) in [5, 5.41) is 10.9. The van der Waals surface area contributed by atoms with Crippen LogP contribution < -0.4 is 10.0 Å². The summed E-state index contributed by atoms with van der Waals surface area (Å²) >= 11 is 0. The van der Waals surface area contributed by atoms with Crippen molar-refractivity contribution in [3.8, 4) is 0 Å². The first-order valence-corrected chi connectivity index (χ1v) is 6.98. The van der Waals surface area contributed by atoms with Crippen LogP contribution in [-0.2, 0) is 19.6 Å². The van der Waals surface area contributed by atoms with Crippen LogP contribution in [-0.4, -0.2) is 44.2 Å². The molecule has 0 spiro atoms. The zero-order chi connectivity index (χ0) is 13.3. The van der Waals surface area contributed by atoms with E-state index in [4.69, 9.17) is 5.11 Å². The van der Waals surface area contributed by atoms with Gasteiger partial charge >= 0.3 is 5.97 Å². The van der Waals surface area contributed by atoms with Crippen molar-refractivity contribution in [2.24, 2.45) is 0 Å². The van der Waals surface area contributed by atoms with Crippen LogP contribution in [0, 0.1) is 0 Å². The lowest BCUT2D eigenvalue weighted by Gasteiger charge is -2.06. The molecule has 0 aliphatic carbocycles. The van der Waals surface area contributed by atoms with E-state index in [0.717, 1.165) is 6.42 Å². The highest BCUT2D eigenvalue weighted by atomic mass is 32.2. The molecule has 17 heavy (non-hydrogen) atoms. The van der Waals surface area contributed by atoms with Gasteiger partial charge in [0.1, 0.15) is 0 Å². The fourth-order valence-corrected chi connectivity index (χ4v) is 2.01. The molecule has 0 aromatic rings. The Morgan fingerprint density at radius 1 is 1.29 bits per heavy atom. The molecule has 0 atom stereocenters. The number of rotatable bonds is 9. The Balaban J connectivity index is 3.85. The average molecular weight is 266 g/mol. The second-order valence-corrected chi connectivity index (χ2v) is 5.41. The van der Waals surface area contributed by atoms with Crippen LogP contribution in [0.3, 0.4) is 0 Å². The summed E-state index contributed by atoms with van der Waals surface area (Å²) in [6.45, 7) is 2.07. The highest BCUT2D eigenvalue weighted by molar-refractivity contribution is 7.89. The maximum absolute atomic E-state index is 11.3. The number of nitrogens with one attached hydrogen (secondary N) is 2. The van der Waals surface area contributed by atoms with E-state index in [2.05, 4.69) is 10.0 Å². The molecule has 0 radical (unpaired) electrons. The highest BCUT2D eigenvalue weighted by Gasteiger charge is 2.12. The Morgan fingerprint density at radius 3 is 2.47 bits per heavy atom. The van der Waals surface area contributed by atoms with Crippen LogP contribution in [0.1, 0.15) is 26.2 Å². The highest BCUT2D eigenvalue weighted by Crippen LogP contribution is 1.94. The summed E-state index contributed by atoms with van der Waals surface area (Å²) in [5.74, 6) is -1.73. The van der Waals surface area contributed by atoms with E-state index >= 15 is 0 Å². The lowest BCUT2D eigenvalue weighted by Crippen LogP contribution is -2.38. The van der Waals surface area contributed by atoms with Gasteiger partial charge in [-0.3, -0.25) is 9.59 Å². The van der Waals surface area contributed by atoms with Crippen molar-refractivity contribution in [3.05, 3.63) is 0 Å². The van der Waals surface area contributed by atoms with Crippen LogP contribution in [0.4, 0.5) is 0 Å². The second-order valence-electron chi connectivity index (χ2n) is 3.49. The Morgan fingerprint density at radius 2 is 1.94 bits per heavy atom. The molecular formula is C9H18N2O5S. The maximum atomic E-state index is 11.3. The molecular weight excluding hydrogens is 248 g/mol. The number of hydrogen-bond acceptors (Lipinski definition) is 4. The van der Waals surface area contributed by atoms with E-state index < -0.39 is 21.9 Å². The lowest BCUT2D eigenvalue weighted by molar-refractivity contribution is -0.137. The Labute approximate surface area is 101 Å². The van der Waals surface area contributed by atoms with Crippen LogP contribution in [0.15, 0.2) is 0 Å². The molecule has 0 aromatic heterocycles. The van der Waals surface area contributed by atoms with Crippen molar-refractivity contribution in [1.29, 1.82) is 0 Å². The summed E-state index contributed by atoms with van der Waals surface area (Å²) in [5.41, 5.74) is 0. The van der Waals surface area contributed by atoms with Gasteiger partial charge in [-0.25, -0.2) is 13.1 Å². The SMILES string of the molecule is CCCNC(=O)CNS(=O)(=O)CCCC(=O)O. The molecule has 100 valence electrons. The summed E-state index contributed by atoms with van der Waals surface area (Å²) in [6.07, 6.45) is 0.599. The number of carbonyl (C=O) groups is 2. The minimum absolute atomic E-state index is 0.0290. The molecule has 0 heterocycles. The number of aliphatic carboxylic acids is 1. The molecule has 0 saturated carbocycles. The summed E-state index contributed by atoms with van der Waals surface area (Å²) in [4.78, 5) is 21.3. The van der Waals surface area contributed by atoms with E-state index in [0.29, 0.717) is 6.54 Å². The predicted molar refractivity (Wildman–Crippen MR) is 62.0 cm³/mol. The van der Waals surface area contributed by atoms with Crippen LogP contribution in [0.25, 0.3) is 0 Å². The van der Waals surface area contributed by atoms with E-state index in [9.17, 15) is 18.0 Å². The molecule has 0 aliphatic heterocycles. The topological polar surface area (TPSA) is 113 Å². The molecule has 0 saturated heterocycles. The van der Waals surface area contributed by atoms with Gasteiger partial charge in [0.2, 0.25) is 15.9 Å². The fraction of sp³-hybridized carbons (Fsp3) is 0.778. The van der Waals surface area contributed by atoms with E-state index in [1.807, 2.05) is 6.92 Å². The largest absolute Gasteiger partial charge is 0.481 e. The molecule has 7 nitrogen and oxygen atoms in total. The Hall–Kier alpha value is -1.15. The van der Waals surface area contributed by atoms with Crippen molar-refractivity contribution in [2.75, 3.05) is 18.8 Å². The number of carbonyl (C=O) groups excluding carboxylic acids is 1. The quantitative estimate of drug-likeness (QED) is 0.510. The predicted octanol–water partition coefficient (Wildman–Crippen LogP) is -0.703. The maximum Gasteiger partial charge on any atom is 0.303 e. The van der Waals surface area contributed by atoms with Gasteiger partial charge in [-0.2, -0.15) is 0 Å². The van der Waals surface area contributed by atoms with Gasteiger partial charge in [0.05, 0.1) is 12.3 Å². The standard InChI is InChI=1S/C9H18N2O5S/c1-2-5-10-8(12)7-11-17(15,16)6-3-4-9(13)14/h11H,2-7H2,1H3,(H,10,12)(H,13,14). The third-order valence-electron chi connectivity index (χ3n) is 1.83. The normalized spacial score (nSPS) is 11.1. The Bertz CT molecular complexity index is 352. The van der Waals surface area contributed by atoms with Crippen molar-refractivity contribution in [1.82, 2.24) is 10.0 Å². The second kappa shape index (κ2) is 8.02. The van der Waals surface area contributed by atoms with Crippen LogP contribution >= 0.6 is 0 Å². The summed E-state index contributed by atoms with van der Waals surface area (Å²) < 4.78 is 24.7. The Kier molecular flexibility index (Phi) is 7.47. The lowest BCUT2D eigenvalue weighted by atomic mass is 10.3. The number of hydrogen-bond donors (Lipinski definition) is 3. The van der Waals surface area contributed by atoms with Gasteiger partial charge in [0.15, 0.2) is 0 Å². The third kappa shape index (κ3) is 9.76. The molecule has 0 rings (SSSR count). The van der Waals surface area contributed by atoms with Gasteiger partial charge in [0, 0.05) is 13.0 Å². The molecule has 0 fully saturated rings. The first kappa shape index (κ1) is 15.9. The zero-order valence-electron chi connectivity index (χ0n) is 9.73. The molecule has 3 N–H and O–H groups in total. The first-order valence-electron chi connectivity index (χ1n) is 5.33. The van der Waals surface area contributed by atoms with Gasteiger partial charge < -0.3 is 10.4 Å². The molecule has 0 unspecified atom stereocenters. The average Bonchev–Trinajstić information content (AvgIpc) is 2.23. The molecule has 0 aliphatic rings. The summed E-state index contributed by atoms with van der Waals surface area (Å²) in [7, 11) is -3.57. The number of amides is 1.